The zero-order chi connectivity index (χ0) is 12.3. The van der Waals surface area contributed by atoms with Crippen LogP contribution < -0.4 is 0 Å². The molecule has 2 nitrogen and oxygen atoms in total. The summed E-state index contributed by atoms with van der Waals surface area (Å²) in [5.41, 5.74) is 3.25. The van der Waals surface area contributed by atoms with Crippen molar-refractivity contribution in [1.29, 1.82) is 0 Å². The zero-order valence-corrected chi connectivity index (χ0v) is 11.6. The van der Waals surface area contributed by atoms with E-state index >= 15 is 0 Å². The van der Waals surface area contributed by atoms with Crippen molar-refractivity contribution in [2.75, 3.05) is 13.2 Å². The Morgan fingerprint density at radius 1 is 0.833 bits per heavy atom. The third-order valence-corrected chi connectivity index (χ3v) is 5.61. The van der Waals surface area contributed by atoms with Gasteiger partial charge < -0.3 is 9.47 Å². The van der Waals surface area contributed by atoms with E-state index in [1.54, 1.807) is 5.57 Å². The van der Waals surface area contributed by atoms with E-state index in [0.29, 0.717) is 0 Å². The van der Waals surface area contributed by atoms with Gasteiger partial charge >= 0.3 is 0 Å². The van der Waals surface area contributed by atoms with Crippen LogP contribution in [0.15, 0.2) is 11.1 Å². The van der Waals surface area contributed by atoms with Crippen molar-refractivity contribution in [2.24, 2.45) is 23.7 Å². The standard InChI is InChI=1S/C16H24O2/c1-16(2)17-8-14(9-18-16)15-12-4-10-3-11(6-12)7-13(15)5-10/h10-13H,3-9H2,1-2H3. The molecule has 0 amide bonds. The van der Waals surface area contributed by atoms with Crippen LogP contribution in [0.1, 0.15) is 46.0 Å². The molecule has 100 valence electrons. The van der Waals surface area contributed by atoms with Gasteiger partial charge in [-0.2, -0.15) is 0 Å². The first-order valence-corrected chi connectivity index (χ1v) is 7.60. The molecule has 0 spiro atoms. The first-order chi connectivity index (χ1) is 8.61. The van der Waals surface area contributed by atoms with E-state index in [4.69, 9.17) is 9.47 Å². The van der Waals surface area contributed by atoms with Crippen molar-refractivity contribution >= 4 is 0 Å². The molecule has 0 N–H and O–H groups in total. The molecule has 0 atom stereocenters. The molecular formula is C16H24O2. The van der Waals surface area contributed by atoms with E-state index < -0.39 is 0 Å². The summed E-state index contributed by atoms with van der Waals surface area (Å²) in [7, 11) is 0. The van der Waals surface area contributed by atoms with Crippen molar-refractivity contribution in [3.05, 3.63) is 11.1 Å². The van der Waals surface area contributed by atoms with Crippen molar-refractivity contribution in [2.45, 2.75) is 51.7 Å². The van der Waals surface area contributed by atoms with E-state index in [1.807, 2.05) is 13.8 Å². The van der Waals surface area contributed by atoms with Crippen LogP contribution in [-0.4, -0.2) is 19.0 Å². The molecule has 5 rings (SSSR count). The van der Waals surface area contributed by atoms with E-state index in [9.17, 15) is 0 Å². The van der Waals surface area contributed by atoms with Crippen LogP contribution in [-0.2, 0) is 9.47 Å². The van der Waals surface area contributed by atoms with Gasteiger partial charge in [-0.3, -0.25) is 0 Å². The minimum absolute atomic E-state index is 0.379. The fourth-order valence-electron chi connectivity index (χ4n) is 5.04. The highest BCUT2D eigenvalue weighted by Gasteiger charge is 2.46. The fraction of sp³-hybridized carbons (Fsp3) is 0.875. The monoisotopic (exact) mass is 248 g/mol. The third-order valence-electron chi connectivity index (χ3n) is 5.61. The summed E-state index contributed by atoms with van der Waals surface area (Å²) in [5.74, 6) is 3.46. The van der Waals surface area contributed by atoms with E-state index in [2.05, 4.69) is 0 Å². The van der Waals surface area contributed by atoms with Gasteiger partial charge in [-0.25, -0.2) is 0 Å². The van der Waals surface area contributed by atoms with Gasteiger partial charge in [0.25, 0.3) is 0 Å². The Hall–Kier alpha value is -0.340. The van der Waals surface area contributed by atoms with Crippen LogP contribution in [0.25, 0.3) is 0 Å². The molecule has 0 aromatic rings. The second-order valence-corrected chi connectivity index (χ2v) is 7.34. The molecule has 5 fully saturated rings. The van der Waals surface area contributed by atoms with Gasteiger partial charge in [0.1, 0.15) is 0 Å². The molecule has 1 heterocycles. The molecule has 0 aromatic heterocycles. The van der Waals surface area contributed by atoms with Gasteiger partial charge in [0.2, 0.25) is 0 Å². The average molecular weight is 248 g/mol. The normalized spacial score (nSPS) is 45.7. The van der Waals surface area contributed by atoms with Crippen LogP contribution in [0.5, 0.6) is 0 Å². The van der Waals surface area contributed by atoms with Crippen LogP contribution in [0, 0.1) is 23.7 Å². The van der Waals surface area contributed by atoms with Crippen molar-refractivity contribution < 1.29 is 9.47 Å². The van der Waals surface area contributed by atoms with Crippen LogP contribution in [0.2, 0.25) is 0 Å². The lowest BCUT2D eigenvalue weighted by Crippen LogP contribution is -2.43. The smallest absolute Gasteiger partial charge is 0.163 e. The van der Waals surface area contributed by atoms with Gasteiger partial charge in [-0.1, -0.05) is 5.57 Å². The first-order valence-electron chi connectivity index (χ1n) is 7.60. The molecule has 0 unspecified atom stereocenters. The average Bonchev–Trinajstić information content (AvgIpc) is 2.29. The molecule has 0 radical (unpaired) electrons. The van der Waals surface area contributed by atoms with Gasteiger partial charge in [0.05, 0.1) is 13.2 Å². The highest BCUT2D eigenvalue weighted by Crippen LogP contribution is 2.57. The zero-order valence-electron chi connectivity index (χ0n) is 11.6. The van der Waals surface area contributed by atoms with Crippen molar-refractivity contribution in [1.82, 2.24) is 0 Å². The Bertz CT molecular complexity index is 352. The summed E-state index contributed by atoms with van der Waals surface area (Å²) >= 11 is 0. The lowest BCUT2D eigenvalue weighted by atomic mass is 9.53. The van der Waals surface area contributed by atoms with Gasteiger partial charge in [0.15, 0.2) is 5.79 Å². The predicted molar refractivity (Wildman–Crippen MR) is 70.1 cm³/mol. The molecule has 2 heteroatoms. The molecule has 1 saturated heterocycles. The molecule has 4 saturated carbocycles. The lowest BCUT2D eigenvalue weighted by Gasteiger charge is -2.52. The quantitative estimate of drug-likeness (QED) is 0.611. The van der Waals surface area contributed by atoms with Crippen LogP contribution in [0.4, 0.5) is 0 Å². The fourth-order valence-corrected chi connectivity index (χ4v) is 5.04. The predicted octanol–water partition coefficient (Wildman–Crippen LogP) is 3.52. The highest BCUT2D eigenvalue weighted by molar-refractivity contribution is 5.27. The summed E-state index contributed by atoms with van der Waals surface area (Å²) in [5, 5.41) is 0. The summed E-state index contributed by atoms with van der Waals surface area (Å²) in [6, 6.07) is 0. The van der Waals surface area contributed by atoms with Crippen LogP contribution >= 0.6 is 0 Å². The largest absolute Gasteiger partial charge is 0.346 e. The van der Waals surface area contributed by atoms with Gasteiger partial charge in [0, 0.05) is 0 Å². The lowest BCUT2D eigenvalue weighted by molar-refractivity contribution is -0.226. The van der Waals surface area contributed by atoms with Crippen molar-refractivity contribution in [3.8, 4) is 0 Å². The number of hydrogen-bond donors (Lipinski definition) is 0. The Labute approximate surface area is 110 Å². The van der Waals surface area contributed by atoms with E-state index in [0.717, 1.165) is 36.9 Å². The topological polar surface area (TPSA) is 18.5 Å². The Morgan fingerprint density at radius 2 is 1.33 bits per heavy atom. The number of rotatable bonds is 0. The second-order valence-electron chi connectivity index (χ2n) is 7.34. The molecule has 1 aliphatic heterocycles. The maximum Gasteiger partial charge on any atom is 0.163 e. The van der Waals surface area contributed by atoms with Crippen LogP contribution in [0.3, 0.4) is 0 Å². The number of ether oxygens (including phenoxy) is 2. The summed E-state index contributed by atoms with van der Waals surface area (Å²) < 4.78 is 11.7. The Morgan fingerprint density at radius 3 is 1.83 bits per heavy atom. The Balaban J connectivity index is 1.61. The minimum atomic E-state index is -0.379. The summed E-state index contributed by atoms with van der Waals surface area (Å²) in [4.78, 5) is 0. The third kappa shape index (κ3) is 1.77. The first kappa shape index (κ1) is 11.5. The molecule has 4 bridgehead atoms. The second kappa shape index (κ2) is 3.83. The van der Waals surface area contributed by atoms with Crippen molar-refractivity contribution in [3.63, 3.8) is 0 Å². The molecule has 4 aliphatic carbocycles. The summed E-state index contributed by atoms with van der Waals surface area (Å²) in [6.45, 7) is 5.66. The maximum absolute atomic E-state index is 5.85. The number of hydrogen-bond acceptors (Lipinski definition) is 2. The van der Waals surface area contributed by atoms with Gasteiger partial charge in [-0.15, -0.1) is 0 Å². The molecule has 5 aliphatic rings. The molecule has 0 aromatic carbocycles. The van der Waals surface area contributed by atoms with E-state index in [-0.39, 0.29) is 5.79 Å². The van der Waals surface area contributed by atoms with E-state index in [1.165, 1.54) is 37.7 Å². The molecule has 18 heavy (non-hydrogen) atoms. The van der Waals surface area contributed by atoms with Gasteiger partial charge in [-0.05, 0) is 75.2 Å². The minimum Gasteiger partial charge on any atom is -0.346 e. The summed E-state index contributed by atoms with van der Waals surface area (Å²) in [6.07, 6.45) is 7.34. The maximum atomic E-state index is 5.85. The molecular weight excluding hydrogens is 224 g/mol. The Kier molecular flexibility index (Phi) is 2.44. The number of allylic oxidation sites excluding steroid dienone is 1. The SMILES string of the molecule is CC1(C)OCC(=C2C3CC4CC(C3)CC2C4)CO1. The highest BCUT2D eigenvalue weighted by atomic mass is 16.7.